The first-order valence-corrected chi connectivity index (χ1v) is 4.43. The lowest BCUT2D eigenvalue weighted by atomic mass is 10.2. The normalized spacial score (nSPS) is 11.9. The average Bonchev–Trinajstić information content (AvgIpc) is 2.21. The molecule has 1 aromatic rings. The van der Waals surface area contributed by atoms with Crippen LogP contribution in [0, 0.1) is 17.1 Å². The second kappa shape index (κ2) is 5.29. The van der Waals surface area contributed by atoms with Gasteiger partial charge >= 0.3 is 0 Å². The zero-order valence-electron chi connectivity index (χ0n) is 8.20. The summed E-state index contributed by atoms with van der Waals surface area (Å²) in [4.78, 5) is 0. The molecule has 0 aromatic heterocycles. The Kier molecular flexibility index (Phi) is 4.03. The molecule has 0 amide bonds. The third-order valence-corrected chi connectivity index (χ3v) is 1.70. The summed E-state index contributed by atoms with van der Waals surface area (Å²) < 4.78 is 17.7. The SMILES string of the molecule is CCOC(O)Nc1ccc(F)c(C#N)c1. The summed E-state index contributed by atoms with van der Waals surface area (Å²) >= 11 is 0. The lowest BCUT2D eigenvalue weighted by Crippen LogP contribution is -2.22. The van der Waals surface area contributed by atoms with Crippen molar-refractivity contribution >= 4 is 5.69 Å². The highest BCUT2D eigenvalue weighted by atomic mass is 19.1. The average molecular weight is 210 g/mol. The Bertz CT molecular complexity index is 376. The molecule has 15 heavy (non-hydrogen) atoms. The van der Waals surface area contributed by atoms with Crippen LogP contribution < -0.4 is 5.32 Å². The van der Waals surface area contributed by atoms with E-state index in [0.717, 1.165) is 6.07 Å². The molecule has 0 aliphatic carbocycles. The maximum Gasteiger partial charge on any atom is 0.235 e. The van der Waals surface area contributed by atoms with Crippen molar-refractivity contribution in [2.45, 2.75) is 13.3 Å². The number of benzene rings is 1. The first kappa shape index (κ1) is 11.4. The molecular formula is C10H11FN2O2. The van der Waals surface area contributed by atoms with E-state index in [1.807, 2.05) is 0 Å². The van der Waals surface area contributed by atoms with E-state index in [-0.39, 0.29) is 5.56 Å². The fraction of sp³-hybridized carbons (Fsp3) is 0.300. The van der Waals surface area contributed by atoms with Crippen LogP contribution in [-0.2, 0) is 4.74 Å². The molecule has 80 valence electrons. The van der Waals surface area contributed by atoms with Crippen molar-refractivity contribution in [2.24, 2.45) is 0 Å². The van der Waals surface area contributed by atoms with Gasteiger partial charge in [-0.2, -0.15) is 5.26 Å². The van der Waals surface area contributed by atoms with Gasteiger partial charge in [-0.1, -0.05) is 0 Å². The van der Waals surface area contributed by atoms with Crippen molar-refractivity contribution in [3.8, 4) is 6.07 Å². The molecule has 0 aliphatic rings. The molecule has 1 unspecified atom stereocenters. The molecule has 0 aliphatic heterocycles. The van der Waals surface area contributed by atoms with Crippen molar-refractivity contribution < 1.29 is 14.2 Å². The van der Waals surface area contributed by atoms with Crippen LogP contribution in [0.4, 0.5) is 10.1 Å². The maximum absolute atomic E-state index is 12.9. The Labute approximate surface area is 86.9 Å². The molecule has 1 rings (SSSR count). The second-order valence-corrected chi connectivity index (χ2v) is 2.76. The maximum atomic E-state index is 12.9. The molecular weight excluding hydrogens is 199 g/mol. The van der Waals surface area contributed by atoms with Gasteiger partial charge < -0.3 is 15.2 Å². The van der Waals surface area contributed by atoms with E-state index in [1.54, 1.807) is 13.0 Å². The van der Waals surface area contributed by atoms with Gasteiger partial charge in [0.05, 0.1) is 5.56 Å². The molecule has 5 heteroatoms. The first-order valence-electron chi connectivity index (χ1n) is 4.43. The molecule has 1 atom stereocenters. The van der Waals surface area contributed by atoms with E-state index in [0.29, 0.717) is 12.3 Å². The largest absolute Gasteiger partial charge is 0.351 e. The standard InChI is InChI=1S/C10H11FN2O2/c1-2-15-10(14)13-8-3-4-9(11)7(5-8)6-12/h3-5,10,13-14H,2H2,1H3. The Hall–Kier alpha value is -1.64. The predicted octanol–water partition coefficient (Wildman–Crippen LogP) is 1.42. The van der Waals surface area contributed by atoms with Gasteiger partial charge in [0, 0.05) is 12.3 Å². The van der Waals surface area contributed by atoms with E-state index in [1.165, 1.54) is 12.1 Å². The monoisotopic (exact) mass is 210 g/mol. The molecule has 2 N–H and O–H groups in total. The predicted molar refractivity (Wildman–Crippen MR) is 52.4 cm³/mol. The fourth-order valence-corrected chi connectivity index (χ4v) is 1.04. The van der Waals surface area contributed by atoms with Gasteiger partial charge in [0.2, 0.25) is 6.41 Å². The Balaban J connectivity index is 2.75. The number of aliphatic hydroxyl groups is 1. The van der Waals surface area contributed by atoms with Crippen LogP contribution in [0.1, 0.15) is 12.5 Å². The zero-order chi connectivity index (χ0) is 11.3. The minimum atomic E-state index is -1.16. The van der Waals surface area contributed by atoms with Crippen LogP contribution in [-0.4, -0.2) is 18.1 Å². The van der Waals surface area contributed by atoms with Gasteiger partial charge in [0.25, 0.3) is 0 Å². The molecule has 0 fully saturated rings. The zero-order valence-corrected chi connectivity index (χ0v) is 8.20. The summed E-state index contributed by atoms with van der Waals surface area (Å²) in [5.74, 6) is -0.589. The number of rotatable bonds is 4. The number of hydrogen-bond acceptors (Lipinski definition) is 4. The molecule has 0 heterocycles. The molecule has 0 saturated heterocycles. The van der Waals surface area contributed by atoms with Crippen LogP contribution in [0.15, 0.2) is 18.2 Å². The number of nitriles is 1. The number of nitrogens with zero attached hydrogens (tertiary/aromatic N) is 1. The van der Waals surface area contributed by atoms with Crippen molar-refractivity contribution in [3.05, 3.63) is 29.6 Å². The molecule has 0 saturated carbocycles. The highest BCUT2D eigenvalue weighted by Gasteiger charge is 2.05. The summed E-state index contributed by atoms with van der Waals surface area (Å²) in [7, 11) is 0. The van der Waals surface area contributed by atoms with Crippen molar-refractivity contribution in [3.63, 3.8) is 0 Å². The Morgan fingerprint density at radius 3 is 3.00 bits per heavy atom. The number of hydrogen-bond donors (Lipinski definition) is 2. The third kappa shape index (κ3) is 3.20. The number of nitrogens with one attached hydrogen (secondary N) is 1. The van der Waals surface area contributed by atoms with Crippen LogP contribution in [0.3, 0.4) is 0 Å². The van der Waals surface area contributed by atoms with Gasteiger partial charge in [-0.05, 0) is 25.1 Å². The van der Waals surface area contributed by atoms with Gasteiger partial charge in [0.1, 0.15) is 11.9 Å². The fourth-order valence-electron chi connectivity index (χ4n) is 1.04. The van der Waals surface area contributed by atoms with Crippen molar-refractivity contribution in [1.82, 2.24) is 0 Å². The molecule has 0 bridgehead atoms. The van der Waals surface area contributed by atoms with Crippen LogP contribution in [0.25, 0.3) is 0 Å². The first-order chi connectivity index (χ1) is 7.17. The van der Waals surface area contributed by atoms with Crippen LogP contribution in [0.5, 0.6) is 0 Å². The highest BCUT2D eigenvalue weighted by Crippen LogP contribution is 2.14. The number of aliphatic hydroxyl groups excluding tert-OH is 1. The number of ether oxygens (including phenoxy) is 1. The van der Waals surface area contributed by atoms with Gasteiger partial charge in [0.15, 0.2) is 0 Å². The van der Waals surface area contributed by atoms with Gasteiger partial charge in [-0.3, -0.25) is 0 Å². The summed E-state index contributed by atoms with van der Waals surface area (Å²) in [6.07, 6.45) is -1.16. The summed E-state index contributed by atoms with van der Waals surface area (Å²) in [5, 5.41) is 20.4. The smallest absolute Gasteiger partial charge is 0.235 e. The molecule has 0 spiro atoms. The minimum Gasteiger partial charge on any atom is -0.351 e. The van der Waals surface area contributed by atoms with Crippen molar-refractivity contribution in [2.75, 3.05) is 11.9 Å². The van der Waals surface area contributed by atoms with Crippen LogP contribution in [0.2, 0.25) is 0 Å². The lowest BCUT2D eigenvalue weighted by molar-refractivity contribution is -0.0730. The van der Waals surface area contributed by atoms with E-state index in [2.05, 4.69) is 5.32 Å². The second-order valence-electron chi connectivity index (χ2n) is 2.76. The Morgan fingerprint density at radius 1 is 1.67 bits per heavy atom. The van der Waals surface area contributed by atoms with Crippen LogP contribution >= 0.6 is 0 Å². The molecule has 0 radical (unpaired) electrons. The summed E-state index contributed by atoms with van der Waals surface area (Å²) in [6.45, 7) is 2.08. The van der Waals surface area contributed by atoms with Gasteiger partial charge in [-0.25, -0.2) is 4.39 Å². The minimum absolute atomic E-state index is 0.0799. The molecule has 1 aromatic carbocycles. The van der Waals surface area contributed by atoms with Crippen molar-refractivity contribution in [1.29, 1.82) is 5.26 Å². The summed E-state index contributed by atoms with van der Waals surface area (Å²) in [6, 6.07) is 5.57. The van der Waals surface area contributed by atoms with Gasteiger partial charge in [-0.15, -0.1) is 0 Å². The lowest BCUT2D eigenvalue weighted by Gasteiger charge is -2.13. The number of anilines is 1. The molecule has 4 nitrogen and oxygen atoms in total. The summed E-state index contributed by atoms with van der Waals surface area (Å²) in [5.41, 5.74) is 0.345. The van der Waals surface area contributed by atoms with E-state index >= 15 is 0 Å². The van der Waals surface area contributed by atoms with E-state index < -0.39 is 12.2 Å². The third-order valence-electron chi connectivity index (χ3n) is 1.70. The topological polar surface area (TPSA) is 65.3 Å². The number of halogens is 1. The van der Waals surface area contributed by atoms with E-state index in [9.17, 15) is 9.50 Å². The van der Waals surface area contributed by atoms with E-state index in [4.69, 9.17) is 10.00 Å². The quantitative estimate of drug-likeness (QED) is 0.737. The Morgan fingerprint density at radius 2 is 2.40 bits per heavy atom. The highest BCUT2D eigenvalue weighted by molar-refractivity contribution is 5.49.